The molecule has 1 rings (SSSR count). The summed E-state index contributed by atoms with van der Waals surface area (Å²) in [6.07, 6.45) is 0.929. The molecule has 19 heavy (non-hydrogen) atoms. The van der Waals surface area contributed by atoms with Crippen molar-refractivity contribution in [1.82, 2.24) is 0 Å². The molecule has 0 heterocycles. The van der Waals surface area contributed by atoms with Crippen molar-refractivity contribution < 1.29 is 19.6 Å². The molecule has 0 spiro atoms. The molecule has 1 aromatic rings. The lowest BCUT2D eigenvalue weighted by Crippen LogP contribution is -2.15. The van der Waals surface area contributed by atoms with Gasteiger partial charge < -0.3 is 15.2 Å². The second-order valence-corrected chi connectivity index (χ2v) is 3.84. The molecule has 0 atom stereocenters. The van der Waals surface area contributed by atoms with Crippen molar-refractivity contribution in [2.75, 3.05) is 18.5 Å². The molecule has 0 unspecified atom stereocenters. The standard InChI is InChI=1S/C12H16N2O5/c1-2-7-19-8-6-11(16)13-12-9(14(17)18)4-3-5-10(12)15/h3-5,15H,2,6-8H2,1H3,(H,13,16). The molecule has 0 saturated heterocycles. The highest BCUT2D eigenvalue weighted by atomic mass is 16.6. The number of phenols is 1. The number of phenolic OH excluding ortho intramolecular Hbond substituents is 1. The van der Waals surface area contributed by atoms with Crippen LogP contribution in [0.4, 0.5) is 11.4 Å². The van der Waals surface area contributed by atoms with E-state index in [9.17, 15) is 20.0 Å². The molecule has 104 valence electrons. The number of aromatic hydroxyl groups is 1. The fraction of sp³-hybridized carbons (Fsp3) is 0.417. The van der Waals surface area contributed by atoms with E-state index in [4.69, 9.17) is 4.74 Å². The van der Waals surface area contributed by atoms with Gasteiger partial charge in [-0.15, -0.1) is 0 Å². The van der Waals surface area contributed by atoms with Crippen LogP contribution in [0.5, 0.6) is 5.75 Å². The first-order valence-electron chi connectivity index (χ1n) is 5.90. The van der Waals surface area contributed by atoms with Gasteiger partial charge in [-0.05, 0) is 12.5 Å². The minimum atomic E-state index is -0.664. The molecule has 7 nitrogen and oxygen atoms in total. The quantitative estimate of drug-likeness (QED) is 0.341. The highest BCUT2D eigenvalue weighted by molar-refractivity contribution is 5.95. The van der Waals surface area contributed by atoms with Gasteiger partial charge in [0, 0.05) is 12.7 Å². The summed E-state index contributed by atoms with van der Waals surface area (Å²) < 4.78 is 5.14. The number of benzene rings is 1. The summed E-state index contributed by atoms with van der Waals surface area (Å²) in [5.74, 6) is -0.780. The Labute approximate surface area is 110 Å². The minimum Gasteiger partial charge on any atom is -0.505 e. The van der Waals surface area contributed by atoms with E-state index < -0.39 is 10.8 Å². The fourth-order valence-corrected chi connectivity index (χ4v) is 1.42. The normalized spacial score (nSPS) is 10.2. The van der Waals surface area contributed by atoms with Crippen LogP contribution in [0.3, 0.4) is 0 Å². The summed E-state index contributed by atoms with van der Waals surface area (Å²) in [4.78, 5) is 21.7. The summed E-state index contributed by atoms with van der Waals surface area (Å²) in [5, 5.41) is 22.6. The average molecular weight is 268 g/mol. The highest BCUT2D eigenvalue weighted by Gasteiger charge is 2.19. The van der Waals surface area contributed by atoms with Crippen molar-refractivity contribution >= 4 is 17.3 Å². The molecule has 0 aliphatic carbocycles. The Balaban J connectivity index is 2.66. The summed E-state index contributed by atoms with van der Waals surface area (Å²) in [6.45, 7) is 2.75. The van der Waals surface area contributed by atoms with E-state index in [1.54, 1.807) is 0 Å². The maximum Gasteiger partial charge on any atom is 0.296 e. The zero-order valence-electron chi connectivity index (χ0n) is 10.6. The van der Waals surface area contributed by atoms with E-state index in [1.165, 1.54) is 18.2 Å². The number of rotatable bonds is 7. The summed E-state index contributed by atoms with van der Waals surface area (Å²) in [6, 6.07) is 3.83. The van der Waals surface area contributed by atoms with Crippen LogP contribution in [0.2, 0.25) is 0 Å². The molecule has 7 heteroatoms. The molecular weight excluding hydrogens is 252 g/mol. The van der Waals surface area contributed by atoms with Crippen LogP contribution in [0.15, 0.2) is 18.2 Å². The number of hydrogen-bond donors (Lipinski definition) is 2. The van der Waals surface area contributed by atoms with Crippen LogP contribution < -0.4 is 5.32 Å². The maximum absolute atomic E-state index is 11.6. The Morgan fingerprint density at radius 3 is 2.84 bits per heavy atom. The van der Waals surface area contributed by atoms with Gasteiger partial charge in [0.1, 0.15) is 5.75 Å². The number of carbonyl (C=O) groups is 1. The van der Waals surface area contributed by atoms with Crippen molar-refractivity contribution in [2.45, 2.75) is 19.8 Å². The second-order valence-electron chi connectivity index (χ2n) is 3.84. The van der Waals surface area contributed by atoms with Crippen LogP contribution >= 0.6 is 0 Å². The molecule has 0 fully saturated rings. The van der Waals surface area contributed by atoms with Crippen molar-refractivity contribution in [3.05, 3.63) is 28.3 Å². The van der Waals surface area contributed by atoms with Crippen LogP contribution in [0.1, 0.15) is 19.8 Å². The Morgan fingerprint density at radius 1 is 1.47 bits per heavy atom. The molecule has 0 bridgehead atoms. The summed E-state index contributed by atoms with van der Waals surface area (Å²) in [7, 11) is 0. The van der Waals surface area contributed by atoms with Gasteiger partial charge in [-0.2, -0.15) is 0 Å². The SMILES string of the molecule is CCCOCCC(=O)Nc1c(O)cccc1[N+](=O)[O-]. The first-order valence-corrected chi connectivity index (χ1v) is 5.90. The molecule has 0 radical (unpaired) electrons. The smallest absolute Gasteiger partial charge is 0.296 e. The van der Waals surface area contributed by atoms with Crippen molar-refractivity contribution in [3.63, 3.8) is 0 Å². The predicted octanol–water partition coefficient (Wildman–Crippen LogP) is 2.06. The Hall–Kier alpha value is -2.15. The first-order chi connectivity index (χ1) is 9.06. The Kier molecular flexibility index (Phi) is 5.74. The molecule has 2 N–H and O–H groups in total. The zero-order chi connectivity index (χ0) is 14.3. The van der Waals surface area contributed by atoms with Crippen molar-refractivity contribution in [2.24, 2.45) is 0 Å². The van der Waals surface area contributed by atoms with Crippen LogP contribution in [-0.4, -0.2) is 29.2 Å². The van der Waals surface area contributed by atoms with Gasteiger partial charge >= 0.3 is 0 Å². The zero-order valence-corrected chi connectivity index (χ0v) is 10.6. The third-order valence-electron chi connectivity index (χ3n) is 2.30. The van der Waals surface area contributed by atoms with Gasteiger partial charge in [-0.1, -0.05) is 13.0 Å². The lowest BCUT2D eigenvalue weighted by atomic mass is 10.2. The summed E-state index contributed by atoms with van der Waals surface area (Å²) >= 11 is 0. The number of nitrogens with one attached hydrogen (secondary N) is 1. The fourth-order valence-electron chi connectivity index (χ4n) is 1.42. The Morgan fingerprint density at radius 2 is 2.21 bits per heavy atom. The van der Waals surface area contributed by atoms with E-state index in [-0.39, 0.29) is 30.2 Å². The number of anilines is 1. The Bertz CT molecular complexity index is 461. The number of ether oxygens (including phenoxy) is 1. The van der Waals surface area contributed by atoms with Gasteiger partial charge in [-0.25, -0.2) is 0 Å². The lowest BCUT2D eigenvalue weighted by molar-refractivity contribution is -0.384. The number of hydrogen-bond acceptors (Lipinski definition) is 5. The van der Waals surface area contributed by atoms with Crippen LogP contribution in [-0.2, 0) is 9.53 Å². The maximum atomic E-state index is 11.6. The minimum absolute atomic E-state index is 0.0749. The van der Waals surface area contributed by atoms with Crippen molar-refractivity contribution in [3.8, 4) is 5.75 Å². The first kappa shape index (κ1) is 14.9. The van der Waals surface area contributed by atoms with Gasteiger partial charge in [0.2, 0.25) is 5.91 Å². The molecule has 0 aromatic heterocycles. The van der Waals surface area contributed by atoms with Crippen molar-refractivity contribution in [1.29, 1.82) is 0 Å². The number of para-hydroxylation sites is 1. The van der Waals surface area contributed by atoms with E-state index in [2.05, 4.69) is 5.32 Å². The molecule has 1 aromatic carbocycles. The van der Waals surface area contributed by atoms with E-state index in [0.717, 1.165) is 6.42 Å². The van der Waals surface area contributed by atoms with Gasteiger partial charge in [0.05, 0.1) is 18.0 Å². The van der Waals surface area contributed by atoms with E-state index in [0.29, 0.717) is 6.61 Å². The monoisotopic (exact) mass is 268 g/mol. The second kappa shape index (κ2) is 7.32. The topological polar surface area (TPSA) is 102 Å². The largest absolute Gasteiger partial charge is 0.505 e. The molecule has 1 amide bonds. The van der Waals surface area contributed by atoms with E-state index in [1.807, 2.05) is 6.92 Å². The van der Waals surface area contributed by atoms with Gasteiger partial charge in [0.25, 0.3) is 5.69 Å². The van der Waals surface area contributed by atoms with Crippen LogP contribution in [0, 0.1) is 10.1 Å². The van der Waals surface area contributed by atoms with E-state index >= 15 is 0 Å². The molecular formula is C12H16N2O5. The molecule has 0 aliphatic heterocycles. The number of carbonyl (C=O) groups excluding carboxylic acids is 1. The number of nitro benzene ring substituents is 1. The number of nitrogens with zero attached hydrogens (tertiary/aromatic N) is 1. The average Bonchev–Trinajstić information content (AvgIpc) is 2.37. The third kappa shape index (κ3) is 4.55. The molecule has 0 saturated carbocycles. The third-order valence-corrected chi connectivity index (χ3v) is 2.30. The summed E-state index contributed by atoms with van der Waals surface area (Å²) in [5.41, 5.74) is -0.532. The number of amides is 1. The van der Waals surface area contributed by atoms with Gasteiger partial charge in [0.15, 0.2) is 5.69 Å². The number of nitro groups is 1. The molecule has 0 aliphatic rings. The highest BCUT2D eigenvalue weighted by Crippen LogP contribution is 2.32. The lowest BCUT2D eigenvalue weighted by Gasteiger charge is -2.08. The predicted molar refractivity (Wildman–Crippen MR) is 69.1 cm³/mol. The van der Waals surface area contributed by atoms with Crippen LogP contribution in [0.25, 0.3) is 0 Å². The van der Waals surface area contributed by atoms with Gasteiger partial charge in [-0.3, -0.25) is 14.9 Å².